The minimum Gasteiger partial charge on any atom is -0.346 e. The van der Waals surface area contributed by atoms with E-state index in [2.05, 4.69) is 15.4 Å². The smallest absolute Gasteiger partial charge is 0.255 e. The molecule has 0 atom stereocenters. The van der Waals surface area contributed by atoms with Crippen LogP contribution >= 0.6 is 11.3 Å². The van der Waals surface area contributed by atoms with Crippen molar-refractivity contribution in [1.82, 2.24) is 20.1 Å². The van der Waals surface area contributed by atoms with Crippen molar-refractivity contribution in [3.8, 4) is 5.69 Å². The van der Waals surface area contributed by atoms with E-state index in [4.69, 9.17) is 0 Å². The van der Waals surface area contributed by atoms with E-state index in [9.17, 15) is 4.79 Å². The van der Waals surface area contributed by atoms with E-state index in [0.29, 0.717) is 12.1 Å². The lowest BCUT2D eigenvalue weighted by atomic mass is 10.2. The molecule has 1 aromatic carbocycles. The molecule has 2 heterocycles. The fourth-order valence-corrected chi connectivity index (χ4v) is 2.83. The van der Waals surface area contributed by atoms with Crippen LogP contribution in [0.3, 0.4) is 0 Å². The largest absolute Gasteiger partial charge is 0.346 e. The van der Waals surface area contributed by atoms with Gasteiger partial charge in [-0.1, -0.05) is 18.2 Å². The van der Waals surface area contributed by atoms with Gasteiger partial charge in [0, 0.05) is 5.38 Å². The Morgan fingerprint density at radius 2 is 2.05 bits per heavy atom. The Labute approximate surface area is 132 Å². The average molecular weight is 312 g/mol. The number of aryl methyl sites for hydroxylation is 1. The van der Waals surface area contributed by atoms with Crippen LogP contribution in [-0.2, 0) is 6.54 Å². The zero-order valence-corrected chi connectivity index (χ0v) is 13.2. The second-order valence-electron chi connectivity index (χ2n) is 4.93. The molecule has 0 aliphatic heterocycles. The number of hydrogen-bond donors (Lipinski definition) is 1. The summed E-state index contributed by atoms with van der Waals surface area (Å²) in [5, 5.41) is 10.1. The third-order valence-corrected chi connectivity index (χ3v) is 4.17. The van der Waals surface area contributed by atoms with Crippen LogP contribution < -0.4 is 5.32 Å². The quantitative estimate of drug-likeness (QED) is 0.806. The molecule has 0 spiro atoms. The number of carbonyl (C=O) groups excluding carboxylic acids is 1. The number of aromatic nitrogens is 3. The molecule has 3 aromatic rings. The lowest BCUT2D eigenvalue weighted by Gasteiger charge is -2.05. The second-order valence-corrected chi connectivity index (χ2v) is 5.99. The third kappa shape index (κ3) is 2.92. The number of carbonyl (C=O) groups is 1. The minimum absolute atomic E-state index is 0.134. The second kappa shape index (κ2) is 6.11. The fourth-order valence-electron chi connectivity index (χ4n) is 2.22. The highest BCUT2D eigenvalue weighted by molar-refractivity contribution is 7.09. The van der Waals surface area contributed by atoms with Gasteiger partial charge in [-0.2, -0.15) is 5.10 Å². The zero-order chi connectivity index (χ0) is 15.5. The monoisotopic (exact) mass is 312 g/mol. The molecule has 0 radical (unpaired) electrons. The van der Waals surface area contributed by atoms with E-state index in [1.165, 1.54) is 0 Å². The van der Waals surface area contributed by atoms with Gasteiger partial charge in [0.1, 0.15) is 0 Å². The average Bonchev–Trinajstić information content (AvgIpc) is 3.12. The van der Waals surface area contributed by atoms with Crippen LogP contribution in [-0.4, -0.2) is 20.7 Å². The summed E-state index contributed by atoms with van der Waals surface area (Å²) >= 11 is 1.58. The molecule has 3 rings (SSSR count). The van der Waals surface area contributed by atoms with E-state index < -0.39 is 0 Å². The molecule has 0 saturated heterocycles. The molecule has 1 amide bonds. The number of nitrogens with zero attached hydrogens (tertiary/aromatic N) is 3. The standard InChI is InChI=1S/C16H16N4OS/c1-11-15(9-18-20(11)14-6-4-3-5-7-14)16(21)17-8-13-10-22-12(2)19-13/h3-7,9-10H,8H2,1-2H3,(H,17,21). The molecule has 0 aliphatic carbocycles. The van der Waals surface area contributed by atoms with Gasteiger partial charge in [0.05, 0.1) is 40.4 Å². The van der Waals surface area contributed by atoms with Crippen molar-refractivity contribution in [2.75, 3.05) is 0 Å². The molecule has 0 saturated carbocycles. The fraction of sp³-hybridized carbons (Fsp3) is 0.188. The van der Waals surface area contributed by atoms with Crippen molar-refractivity contribution in [3.05, 3.63) is 63.9 Å². The van der Waals surface area contributed by atoms with Crippen LogP contribution in [0.1, 0.15) is 26.8 Å². The Balaban J connectivity index is 1.75. The van der Waals surface area contributed by atoms with Gasteiger partial charge >= 0.3 is 0 Å². The summed E-state index contributed by atoms with van der Waals surface area (Å²) in [6, 6.07) is 9.76. The molecule has 0 unspecified atom stereocenters. The van der Waals surface area contributed by atoms with Crippen molar-refractivity contribution in [3.63, 3.8) is 0 Å². The van der Waals surface area contributed by atoms with Crippen molar-refractivity contribution in [2.45, 2.75) is 20.4 Å². The lowest BCUT2D eigenvalue weighted by molar-refractivity contribution is 0.0950. The van der Waals surface area contributed by atoms with E-state index >= 15 is 0 Å². The predicted octanol–water partition coefficient (Wildman–Crippen LogP) is 2.88. The van der Waals surface area contributed by atoms with Gasteiger partial charge in [-0.15, -0.1) is 11.3 Å². The van der Waals surface area contributed by atoms with E-state index in [-0.39, 0.29) is 5.91 Å². The molecule has 2 aromatic heterocycles. The topological polar surface area (TPSA) is 59.8 Å². The highest BCUT2D eigenvalue weighted by Gasteiger charge is 2.15. The van der Waals surface area contributed by atoms with Crippen LogP contribution in [0.4, 0.5) is 0 Å². The van der Waals surface area contributed by atoms with Gasteiger partial charge < -0.3 is 5.32 Å². The number of thiazole rings is 1. The van der Waals surface area contributed by atoms with E-state index in [0.717, 1.165) is 22.1 Å². The first-order valence-electron chi connectivity index (χ1n) is 6.94. The van der Waals surface area contributed by atoms with Crippen molar-refractivity contribution in [2.24, 2.45) is 0 Å². The van der Waals surface area contributed by atoms with Crippen LogP contribution in [0.2, 0.25) is 0 Å². The summed E-state index contributed by atoms with van der Waals surface area (Å²) in [4.78, 5) is 16.6. The van der Waals surface area contributed by atoms with Crippen LogP contribution in [0.25, 0.3) is 5.69 Å². The first kappa shape index (κ1) is 14.5. The number of nitrogens with one attached hydrogen (secondary N) is 1. The lowest BCUT2D eigenvalue weighted by Crippen LogP contribution is -2.23. The molecule has 1 N–H and O–H groups in total. The molecule has 0 bridgehead atoms. The number of hydrogen-bond acceptors (Lipinski definition) is 4. The van der Waals surface area contributed by atoms with Crippen LogP contribution in [0.5, 0.6) is 0 Å². The summed E-state index contributed by atoms with van der Waals surface area (Å²) in [6.45, 7) is 4.27. The van der Waals surface area contributed by atoms with Crippen LogP contribution in [0.15, 0.2) is 41.9 Å². The van der Waals surface area contributed by atoms with Crippen molar-refractivity contribution >= 4 is 17.2 Å². The zero-order valence-electron chi connectivity index (χ0n) is 12.4. The maximum atomic E-state index is 12.3. The van der Waals surface area contributed by atoms with Gasteiger partial charge in [-0.3, -0.25) is 4.79 Å². The molecular weight excluding hydrogens is 296 g/mol. The summed E-state index contributed by atoms with van der Waals surface area (Å²) in [5.41, 5.74) is 3.21. The van der Waals surface area contributed by atoms with Crippen molar-refractivity contribution in [1.29, 1.82) is 0 Å². The summed E-state index contributed by atoms with van der Waals surface area (Å²) in [7, 11) is 0. The Bertz CT molecular complexity index is 792. The number of para-hydroxylation sites is 1. The molecular formula is C16H16N4OS. The highest BCUT2D eigenvalue weighted by atomic mass is 32.1. The van der Waals surface area contributed by atoms with Crippen molar-refractivity contribution < 1.29 is 4.79 Å². The van der Waals surface area contributed by atoms with Gasteiger partial charge in [-0.25, -0.2) is 9.67 Å². The van der Waals surface area contributed by atoms with Gasteiger partial charge in [0.25, 0.3) is 5.91 Å². The number of benzene rings is 1. The first-order valence-corrected chi connectivity index (χ1v) is 7.82. The first-order chi connectivity index (χ1) is 10.6. The Hall–Kier alpha value is -2.47. The maximum absolute atomic E-state index is 12.3. The summed E-state index contributed by atoms with van der Waals surface area (Å²) < 4.78 is 1.77. The van der Waals surface area contributed by atoms with Gasteiger partial charge in [-0.05, 0) is 26.0 Å². The summed E-state index contributed by atoms with van der Waals surface area (Å²) in [6.07, 6.45) is 1.60. The summed E-state index contributed by atoms with van der Waals surface area (Å²) in [5.74, 6) is -0.134. The minimum atomic E-state index is -0.134. The molecule has 6 heteroatoms. The number of rotatable bonds is 4. The Morgan fingerprint density at radius 1 is 1.27 bits per heavy atom. The highest BCUT2D eigenvalue weighted by Crippen LogP contribution is 2.14. The SMILES string of the molecule is Cc1nc(CNC(=O)c2cnn(-c3ccccc3)c2C)cs1. The third-order valence-electron chi connectivity index (χ3n) is 3.35. The predicted molar refractivity (Wildman–Crippen MR) is 86.3 cm³/mol. The van der Waals surface area contributed by atoms with Gasteiger partial charge in [0.15, 0.2) is 0 Å². The molecule has 0 fully saturated rings. The Kier molecular flexibility index (Phi) is 4.02. The van der Waals surface area contributed by atoms with E-state index in [1.54, 1.807) is 22.2 Å². The van der Waals surface area contributed by atoms with Gasteiger partial charge in [0.2, 0.25) is 0 Å². The maximum Gasteiger partial charge on any atom is 0.255 e. The molecule has 22 heavy (non-hydrogen) atoms. The molecule has 5 nitrogen and oxygen atoms in total. The van der Waals surface area contributed by atoms with Crippen LogP contribution in [0, 0.1) is 13.8 Å². The van der Waals surface area contributed by atoms with E-state index in [1.807, 2.05) is 49.6 Å². The molecule has 0 aliphatic rings. The number of amides is 1. The molecule has 112 valence electrons. The Morgan fingerprint density at radius 3 is 2.73 bits per heavy atom. The normalized spacial score (nSPS) is 10.6.